The summed E-state index contributed by atoms with van der Waals surface area (Å²) >= 11 is 0. The van der Waals surface area contributed by atoms with Gasteiger partial charge in [0.15, 0.2) is 0 Å². The molecule has 0 aliphatic carbocycles. The predicted molar refractivity (Wildman–Crippen MR) is 99.7 cm³/mol. The molecule has 3 aromatic carbocycles. The Morgan fingerprint density at radius 3 is 2.25 bits per heavy atom. The molecule has 0 spiro atoms. The molecule has 0 heterocycles. The third-order valence-electron chi connectivity index (χ3n) is 4.00. The van der Waals surface area contributed by atoms with Gasteiger partial charge in [-0.15, -0.1) is 0 Å². The van der Waals surface area contributed by atoms with Crippen LogP contribution in [0.25, 0.3) is 16.5 Å². The van der Waals surface area contributed by atoms with Crippen LogP contribution >= 0.6 is 0 Å². The predicted octanol–water partition coefficient (Wildman–Crippen LogP) is 5.33. The maximum Gasteiger partial charge on any atom is 0.454 e. The van der Waals surface area contributed by atoms with Crippen molar-refractivity contribution in [2.24, 2.45) is 0 Å². The minimum atomic E-state index is -5.04. The highest BCUT2D eigenvalue weighted by atomic mass is 19.4. The van der Waals surface area contributed by atoms with E-state index in [0.717, 1.165) is 22.9 Å². The Labute approximate surface area is 157 Å². The highest BCUT2D eigenvalue weighted by Gasteiger charge is 2.37. The quantitative estimate of drug-likeness (QED) is 0.365. The number of halogens is 3. The molecule has 0 bridgehead atoms. The minimum absolute atomic E-state index is 0.117. The zero-order valence-corrected chi connectivity index (χ0v) is 14.2. The third-order valence-corrected chi connectivity index (χ3v) is 4.00. The molecule has 28 heavy (non-hydrogen) atoms. The first-order valence-corrected chi connectivity index (χ1v) is 8.08. The van der Waals surface area contributed by atoms with E-state index >= 15 is 0 Å². The second-order valence-electron chi connectivity index (χ2n) is 5.88. The van der Waals surface area contributed by atoms with Crippen LogP contribution in [0.5, 0.6) is 0 Å². The van der Waals surface area contributed by atoms with Crippen molar-refractivity contribution in [1.82, 2.24) is 0 Å². The van der Waals surface area contributed by atoms with Crippen molar-refractivity contribution in [3.8, 4) is 0 Å². The number of fused-ring (bicyclic) bond motifs is 1. The van der Waals surface area contributed by atoms with Crippen LogP contribution in [0.2, 0.25) is 0 Å². The van der Waals surface area contributed by atoms with E-state index in [0.29, 0.717) is 11.8 Å². The summed E-state index contributed by atoms with van der Waals surface area (Å²) in [4.78, 5) is 21.7. The average Bonchev–Trinajstić information content (AvgIpc) is 2.67. The van der Waals surface area contributed by atoms with Gasteiger partial charge in [-0.2, -0.15) is 13.2 Å². The molecule has 3 aromatic rings. The monoisotopic (exact) mass is 386 g/mol. The number of hydrogen-bond donors (Lipinski definition) is 1. The third kappa shape index (κ3) is 4.17. The van der Waals surface area contributed by atoms with Crippen LogP contribution in [0.1, 0.15) is 5.56 Å². The van der Waals surface area contributed by atoms with Crippen molar-refractivity contribution in [2.75, 3.05) is 5.32 Å². The molecular weight excluding hydrogens is 373 g/mol. The van der Waals surface area contributed by atoms with Crippen molar-refractivity contribution < 1.29 is 22.9 Å². The number of carbonyl (C=O) groups is 1. The Hall–Kier alpha value is -3.68. The van der Waals surface area contributed by atoms with E-state index in [1.165, 1.54) is 12.1 Å². The van der Waals surface area contributed by atoms with E-state index in [1.54, 1.807) is 24.3 Å². The highest BCUT2D eigenvalue weighted by molar-refractivity contribution is 6.04. The largest absolute Gasteiger partial charge is 0.454 e. The van der Waals surface area contributed by atoms with Crippen molar-refractivity contribution >= 4 is 33.6 Å². The summed E-state index contributed by atoms with van der Waals surface area (Å²) in [5.41, 5.74) is 0.373. The molecule has 1 N–H and O–H groups in total. The molecule has 0 saturated heterocycles. The van der Waals surface area contributed by atoms with Crippen LogP contribution < -0.4 is 5.32 Å². The number of hydrogen-bond acceptors (Lipinski definition) is 4. The molecule has 5 nitrogen and oxygen atoms in total. The van der Waals surface area contributed by atoms with Crippen LogP contribution in [0.15, 0.2) is 72.8 Å². The van der Waals surface area contributed by atoms with Gasteiger partial charge in [0, 0.05) is 35.0 Å². The summed E-state index contributed by atoms with van der Waals surface area (Å²) in [7, 11) is 0. The lowest BCUT2D eigenvalue weighted by Crippen LogP contribution is -2.21. The van der Waals surface area contributed by atoms with Crippen LogP contribution in [0, 0.1) is 10.1 Å². The lowest BCUT2D eigenvalue weighted by Gasteiger charge is -2.14. The maximum absolute atomic E-state index is 12.8. The lowest BCUT2D eigenvalue weighted by molar-refractivity contribution is -0.384. The van der Waals surface area contributed by atoms with Gasteiger partial charge in [-0.1, -0.05) is 36.4 Å². The summed E-state index contributed by atoms with van der Waals surface area (Å²) in [6.07, 6.45) is -4.59. The van der Waals surface area contributed by atoms with E-state index in [9.17, 15) is 28.1 Å². The number of non-ortho nitro benzene ring substituents is 1. The van der Waals surface area contributed by atoms with Crippen molar-refractivity contribution in [1.29, 1.82) is 0 Å². The number of allylic oxidation sites excluding steroid dienone is 1. The van der Waals surface area contributed by atoms with Crippen molar-refractivity contribution in [3.63, 3.8) is 0 Å². The number of benzene rings is 3. The van der Waals surface area contributed by atoms with Crippen LogP contribution in [0.3, 0.4) is 0 Å². The summed E-state index contributed by atoms with van der Waals surface area (Å²) in [5.74, 6) is -2.03. The van der Waals surface area contributed by atoms with Crippen LogP contribution in [-0.4, -0.2) is 16.9 Å². The summed E-state index contributed by atoms with van der Waals surface area (Å²) in [6, 6.07) is 17.4. The topological polar surface area (TPSA) is 72.2 Å². The molecule has 0 saturated carbocycles. The van der Waals surface area contributed by atoms with E-state index < -0.39 is 16.9 Å². The van der Waals surface area contributed by atoms with E-state index in [1.807, 2.05) is 18.2 Å². The van der Waals surface area contributed by atoms with Gasteiger partial charge in [0.2, 0.25) is 0 Å². The van der Waals surface area contributed by atoms with Crippen molar-refractivity contribution in [2.45, 2.75) is 6.18 Å². The number of nitrogens with zero attached hydrogens (tertiary/aromatic N) is 1. The summed E-state index contributed by atoms with van der Waals surface area (Å²) in [5, 5.41) is 15.3. The number of rotatable bonds is 5. The van der Waals surface area contributed by atoms with Gasteiger partial charge in [0.05, 0.1) is 4.92 Å². The Morgan fingerprint density at radius 2 is 1.61 bits per heavy atom. The summed E-state index contributed by atoms with van der Waals surface area (Å²) < 4.78 is 38.3. The Kier molecular flexibility index (Phi) is 5.12. The molecular formula is C20H13F3N2O3. The van der Waals surface area contributed by atoms with E-state index in [4.69, 9.17) is 0 Å². The fraction of sp³-hybridized carbons (Fsp3) is 0.0500. The van der Waals surface area contributed by atoms with Gasteiger partial charge < -0.3 is 5.32 Å². The minimum Gasteiger partial charge on any atom is -0.354 e. The molecule has 0 fully saturated rings. The first-order chi connectivity index (χ1) is 13.3. The van der Waals surface area contributed by atoms with E-state index in [2.05, 4.69) is 5.32 Å². The zero-order chi connectivity index (χ0) is 20.3. The van der Waals surface area contributed by atoms with Gasteiger partial charge in [-0.05, 0) is 29.1 Å². The Bertz CT molecular complexity index is 1070. The standard InChI is InChI=1S/C20H13F3N2O3/c21-20(22,23)19(26)12-18(14-8-10-15(11-9-14)25(27)28)24-17-7-3-5-13-4-1-2-6-16(13)17/h1-12,24H/b18-12-. The highest BCUT2D eigenvalue weighted by Crippen LogP contribution is 2.28. The molecule has 0 atom stereocenters. The van der Waals surface area contributed by atoms with Gasteiger partial charge in [0.1, 0.15) is 0 Å². The molecule has 0 aliphatic heterocycles. The number of ketones is 1. The van der Waals surface area contributed by atoms with Gasteiger partial charge in [-0.3, -0.25) is 14.9 Å². The number of carbonyl (C=O) groups excluding carboxylic acids is 1. The fourth-order valence-electron chi connectivity index (χ4n) is 2.65. The molecule has 0 unspecified atom stereocenters. The molecule has 142 valence electrons. The number of nitro benzene ring substituents is 1. The number of alkyl halides is 3. The molecule has 0 amide bonds. The molecule has 0 radical (unpaired) electrons. The number of nitro groups is 1. The second-order valence-corrected chi connectivity index (χ2v) is 5.88. The number of anilines is 1. The van der Waals surface area contributed by atoms with Gasteiger partial charge in [0.25, 0.3) is 11.5 Å². The fourth-order valence-corrected chi connectivity index (χ4v) is 2.65. The lowest BCUT2D eigenvalue weighted by atomic mass is 10.1. The van der Waals surface area contributed by atoms with Gasteiger partial charge in [-0.25, -0.2) is 0 Å². The smallest absolute Gasteiger partial charge is 0.354 e. The maximum atomic E-state index is 12.8. The van der Waals surface area contributed by atoms with Crippen LogP contribution in [0.4, 0.5) is 24.5 Å². The molecule has 3 rings (SSSR count). The van der Waals surface area contributed by atoms with Crippen molar-refractivity contribution in [3.05, 3.63) is 88.5 Å². The van der Waals surface area contributed by atoms with E-state index in [-0.39, 0.29) is 16.9 Å². The number of nitrogens with one attached hydrogen (secondary N) is 1. The molecule has 0 aromatic heterocycles. The molecule has 0 aliphatic rings. The Morgan fingerprint density at radius 1 is 0.964 bits per heavy atom. The van der Waals surface area contributed by atoms with Gasteiger partial charge >= 0.3 is 6.18 Å². The molecule has 8 heteroatoms. The zero-order valence-electron chi connectivity index (χ0n) is 14.2. The first kappa shape index (κ1) is 19.1. The SMILES string of the molecule is O=C(/C=C(\Nc1cccc2ccccc12)c1ccc([N+](=O)[O-])cc1)C(F)(F)F. The Balaban J connectivity index is 2.07. The second kappa shape index (κ2) is 7.51. The first-order valence-electron chi connectivity index (χ1n) is 8.08. The average molecular weight is 386 g/mol. The normalized spacial score (nSPS) is 12.0. The summed E-state index contributed by atoms with van der Waals surface area (Å²) in [6.45, 7) is 0. The van der Waals surface area contributed by atoms with Crippen LogP contribution in [-0.2, 0) is 4.79 Å².